The maximum Gasteiger partial charge on any atom is 0.225 e. The first-order valence-corrected chi connectivity index (χ1v) is 13.9. The van der Waals surface area contributed by atoms with Gasteiger partial charge in [-0.25, -0.2) is 15.0 Å². The molecule has 0 amide bonds. The van der Waals surface area contributed by atoms with E-state index in [1.165, 1.54) is 22.3 Å². The van der Waals surface area contributed by atoms with E-state index in [-0.39, 0.29) is 0 Å². The highest BCUT2D eigenvalue weighted by molar-refractivity contribution is 5.85. The summed E-state index contributed by atoms with van der Waals surface area (Å²) in [4.78, 5) is 16.1. The second-order valence-corrected chi connectivity index (χ2v) is 10.5. The molecular weight excluding hydrogens is 472 g/mol. The van der Waals surface area contributed by atoms with Crippen LogP contribution in [0.2, 0.25) is 0 Å². The molecule has 3 aromatic heterocycles. The van der Waals surface area contributed by atoms with E-state index in [0.717, 1.165) is 86.2 Å². The Morgan fingerprint density at radius 3 is 2.32 bits per heavy atom. The van der Waals surface area contributed by atoms with Crippen LogP contribution in [-0.4, -0.2) is 56.8 Å². The van der Waals surface area contributed by atoms with E-state index in [1.54, 1.807) is 0 Å². The number of nitrogens with zero attached hydrogens (tertiary/aromatic N) is 6. The average Bonchev–Trinajstić information content (AvgIpc) is 3.23. The van der Waals surface area contributed by atoms with Gasteiger partial charge in [0.1, 0.15) is 5.82 Å². The molecular formula is C30H40N8. The zero-order chi connectivity index (χ0) is 26.6. The Hall–Kier alpha value is -3.52. The summed E-state index contributed by atoms with van der Waals surface area (Å²) in [5.74, 6) is 1.84. The third-order valence-electron chi connectivity index (χ3n) is 7.44. The quantitative estimate of drug-likeness (QED) is 0.304. The lowest BCUT2D eigenvalue weighted by atomic mass is 9.94. The van der Waals surface area contributed by atoms with Crippen LogP contribution in [0.1, 0.15) is 54.3 Å². The zero-order valence-electron chi connectivity index (χ0n) is 23.4. The molecule has 8 nitrogen and oxygen atoms in total. The Labute approximate surface area is 225 Å². The van der Waals surface area contributed by atoms with E-state index < -0.39 is 0 Å². The van der Waals surface area contributed by atoms with Gasteiger partial charge in [-0.1, -0.05) is 31.0 Å². The third-order valence-corrected chi connectivity index (χ3v) is 7.44. The van der Waals surface area contributed by atoms with Gasteiger partial charge in [-0.3, -0.25) is 0 Å². The fourth-order valence-corrected chi connectivity index (χ4v) is 5.76. The first kappa shape index (κ1) is 26.1. The lowest BCUT2D eigenvalue weighted by molar-refractivity contribution is 0.418. The zero-order valence-corrected chi connectivity index (χ0v) is 23.4. The van der Waals surface area contributed by atoms with Crippen LogP contribution in [0, 0.1) is 27.7 Å². The summed E-state index contributed by atoms with van der Waals surface area (Å²) in [5.41, 5.74) is 9.28. The van der Waals surface area contributed by atoms with Crippen molar-refractivity contribution in [2.24, 2.45) is 0 Å². The average molecular weight is 513 g/mol. The molecule has 38 heavy (non-hydrogen) atoms. The molecule has 8 heteroatoms. The number of aryl methyl sites for hydroxylation is 5. The molecule has 0 spiro atoms. The van der Waals surface area contributed by atoms with E-state index in [4.69, 9.17) is 10.1 Å². The molecule has 0 atom stereocenters. The summed E-state index contributed by atoms with van der Waals surface area (Å²) in [7, 11) is 0. The minimum Gasteiger partial charge on any atom is -0.369 e. The van der Waals surface area contributed by atoms with Crippen LogP contribution < -0.4 is 15.5 Å². The van der Waals surface area contributed by atoms with Crippen LogP contribution in [0.4, 0.5) is 11.8 Å². The van der Waals surface area contributed by atoms with E-state index in [9.17, 15) is 0 Å². The van der Waals surface area contributed by atoms with E-state index in [0.29, 0.717) is 6.04 Å². The number of nitrogens with one attached hydrogen (secondary N) is 2. The van der Waals surface area contributed by atoms with Crippen molar-refractivity contribution < 1.29 is 0 Å². The second kappa shape index (κ2) is 11.5. The normalized spacial score (nSPS) is 14.4. The molecule has 1 aromatic carbocycles. The molecule has 0 unspecified atom stereocenters. The molecule has 4 aromatic rings. The second-order valence-electron chi connectivity index (χ2n) is 10.5. The molecule has 200 valence electrons. The van der Waals surface area contributed by atoms with E-state index in [2.05, 4.69) is 78.3 Å². The van der Waals surface area contributed by atoms with Gasteiger partial charge < -0.3 is 15.5 Å². The monoisotopic (exact) mass is 512 g/mol. The van der Waals surface area contributed by atoms with Crippen LogP contribution in [0.15, 0.2) is 36.7 Å². The van der Waals surface area contributed by atoms with Crippen molar-refractivity contribution in [1.29, 1.82) is 0 Å². The molecule has 1 aliphatic rings. The Balaban J connectivity index is 1.29. The molecule has 5 rings (SSSR count). The SMILES string of the molecule is CCCc1cc(NCCNC2CCN(c3ncccn3)CC2)n2nc(C)c(-c3c(C)cc(C)cc3C)c2n1. The van der Waals surface area contributed by atoms with Crippen molar-refractivity contribution >= 4 is 17.4 Å². The number of hydrogen-bond donors (Lipinski definition) is 2. The maximum absolute atomic E-state index is 5.09. The molecule has 1 fully saturated rings. The number of aromatic nitrogens is 5. The van der Waals surface area contributed by atoms with Gasteiger partial charge in [0.2, 0.25) is 5.95 Å². The van der Waals surface area contributed by atoms with Gasteiger partial charge in [0.25, 0.3) is 0 Å². The smallest absolute Gasteiger partial charge is 0.225 e. The fourth-order valence-electron chi connectivity index (χ4n) is 5.76. The first-order chi connectivity index (χ1) is 18.4. The van der Waals surface area contributed by atoms with Crippen molar-refractivity contribution in [3.63, 3.8) is 0 Å². The molecule has 0 saturated carbocycles. The van der Waals surface area contributed by atoms with Crippen molar-refractivity contribution in [1.82, 2.24) is 29.9 Å². The van der Waals surface area contributed by atoms with Crippen molar-refractivity contribution in [2.75, 3.05) is 36.4 Å². The molecule has 0 radical (unpaired) electrons. The summed E-state index contributed by atoms with van der Waals surface area (Å²) in [6.45, 7) is 14.5. The largest absolute Gasteiger partial charge is 0.369 e. The molecule has 2 N–H and O–H groups in total. The summed E-state index contributed by atoms with van der Waals surface area (Å²) in [6, 6.07) is 9.05. The Bertz CT molecular complexity index is 1360. The molecule has 1 aliphatic heterocycles. The predicted octanol–water partition coefficient (Wildman–Crippen LogP) is 5.04. The Kier molecular flexibility index (Phi) is 7.88. The summed E-state index contributed by atoms with van der Waals surface area (Å²) in [5, 5.41) is 12.4. The molecule has 0 aliphatic carbocycles. The minimum atomic E-state index is 0.510. The van der Waals surface area contributed by atoms with Gasteiger partial charge in [0.05, 0.1) is 11.3 Å². The van der Waals surface area contributed by atoms with E-state index in [1.807, 2.05) is 23.0 Å². The first-order valence-electron chi connectivity index (χ1n) is 13.9. The van der Waals surface area contributed by atoms with Crippen LogP contribution in [0.3, 0.4) is 0 Å². The number of rotatable bonds is 9. The number of anilines is 2. The van der Waals surface area contributed by atoms with Crippen LogP contribution in [0.5, 0.6) is 0 Å². The maximum atomic E-state index is 5.09. The standard InChI is InChI=1S/C30H40N8/c1-6-8-25-19-26(32-14-13-31-24-9-15-37(16-10-24)30-33-11-7-12-34-30)38-29(35-25)28(23(5)36-38)27-21(3)17-20(2)18-22(27)4/h7,11-12,17-19,24,31-32H,6,8-10,13-16H2,1-5H3. The molecule has 0 bridgehead atoms. The number of piperidine rings is 1. The lowest BCUT2D eigenvalue weighted by Gasteiger charge is -2.32. The van der Waals surface area contributed by atoms with Gasteiger partial charge in [-0.05, 0) is 69.7 Å². The van der Waals surface area contributed by atoms with Crippen LogP contribution in [-0.2, 0) is 6.42 Å². The topological polar surface area (TPSA) is 83.3 Å². The van der Waals surface area contributed by atoms with Crippen molar-refractivity contribution in [3.8, 4) is 11.1 Å². The van der Waals surface area contributed by atoms with Crippen LogP contribution in [0.25, 0.3) is 16.8 Å². The highest BCUT2D eigenvalue weighted by Gasteiger charge is 2.21. The summed E-state index contributed by atoms with van der Waals surface area (Å²) >= 11 is 0. The fraction of sp³-hybridized carbons (Fsp3) is 0.467. The lowest BCUT2D eigenvalue weighted by Crippen LogP contribution is -2.44. The van der Waals surface area contributed by atoms with Gasteiger partial charge in [0, 0.05) is 56.4 Å². The van der Waals surface area contributed by atoms with Gasteiger partial charge in [0.15, 0.2) is 5.65 Å². The Morgan fingerprint density at radius 1 is 0.921 bits per heavy atom. The predicted molar refractivity (Wildman–Crippen MR) is 155 cm³/mol. The van der Waals surface area contributed by atoms with Crippen molar-refractivity contribution in [3.05, 3.63) is 64.7 Å². The van der Waals surface area contributed by atoms with E-state index >= 15 is 0 Å². The van der Waals surface area contributed by atoms with Crippen molar-refractivity contribution in [2.45, 2.75) is 66.3 Å². The highest BCUT2D eigenvalue weighted by atomic mass is 15.3. The van der Waals surface area contributed by atoms with Gasteiger partial charge in [-0.15, -0.1) is 0 Å². The summed E-state index contributed by atoms with van der Waals surface area (Å²) in [6.07, 6.45) is 7.82. The number of benzene rings is 1. The highest BCUT2D eigenvalue weighted by Crippen LogP contribution is 2.34. The van der Waals surface area contributed by atoms with Crippen LogP contribution >= 0.6 is 0 Å². The summed E-state index contributed by atoms with van der Waals surface area (Å²) < 4.78 is 2.00. The number of fused-ring (bicyclic) bond motifs is 1. The van der Waals surface area contributed by atoms with Gasteiger partial charge >= 0.3 is 0 Å². The molecule has 1 saturated heterocycles. The Morgan fingerprint density at radius 2 is 1.63 bits per heavy atom. The number of hydrogen-bond acceptors (Lipinski definition) is 7. The van der Waals surface area contributed by atoms with Gasteiger partial charge in [-0.2, -0.15) is 9.61 Å². The molecule has 4 heterocycles. The minimum absolute atomic E-state index is 0.510. The third kappa shape index (κ3) is 5.50.